The van der Waals surface area contributed by atoms with Crippen molar-refractivity contribution in [3.8, 4) is 0 Å². The lowest BCUT2D eigenvalue weighted by atomic mass is 10.2. The Hall–Kier alpha value is -1.02. The van der Waals surface area contributed by atoms with Crippen LogP contribution in [0, 0.1) is 5.82 Å². The summed E-state index contributed by atoms with van der Waals surface area (Å²) >= 11 is 16.3. The van der Waals surface area contributed by atoms with Gasteiger partial charge in [0.2, 0.25) is 0 Å². The van der Waals surface area contributed by atoms with E-state index in [0.29, 0.717) is 31.6 Å². The van der Waals surface area contributed by atoms with Crippen LogP contribution < -0.4 is 5.32 Å². The molecule has 0 aliphatic carbocycles. The lowest BCUT2D eigenvalue weighted by molar-refractivity contribution is 0.625. The number of benzene rings is 1. The third-order valence-corrected chi connectivity index (χ3v) is 4.04. The number of anilines is 2. The lowest BCUT2D eigenvalue weighted by Crippen LogP contribution is -1.98. The first-order chi connectivity index (χ1) is 9.56. The molecule has 0 saturated carbocycles. The highest BCUT2D eigenvalue weighted by Gasteiger charge is 2.20. The summed E-state index contributed by atoms with van der Waals surface area (Å²) in [6.45, 7) is 0. The third-order valence-electron chi connectivity index (χ3n) is 2.50. The Labute approximate surface area is 135 Å². The third kappa shape index (κ3) is 2.46. The molecule has 0 spiro atoms. The Morgan fingerprint density at radius 1 is 1.15 bits per heavy atom. The molecule has 1 N–H and O–H groups in total. The fraction of sp³-hybridized carbons (Fsp3) is 0. The fourth-order valence-electron chi connectivity index (χ4n) is 1.62. The van der Waals surface area contributed by atoms with Gasteiger partial charge < -0.3 is 5.32 Å². The minimum Gasteiger partial charge on any atom is -0.335 e. The number of halogens is 4. The van der Waals surface area contributed by atoms with Gasteiger partial charge in [-0.05, 0) is 28.1 Å². The zero-order valence-electron chi connectivity index (χ0n) is 9.49. The van der Waals surface area contributed by atoms with E-state index < -0.39 is 5.82 Å². The Morgan fingerprint density at radius 2 is 1.90 bits per heavy atom. The summed E-state index contributed by atoms with van der Waals surface area (Å²) in [5.41, 5.74) is 1.42. The van der Waals surface area contributed by atoms with Crippen LogP contribution in [0.2, 0.25) is 10.0 Å². The topological polar surface area (TPSA) is 49.6 Å². The van der Waals surface area contributed by atoms with Crippen molar-refractivity contribution in [2.24, 2.45) is 8.73 Å². The first-order valence-electron chi connectivity index (χ1n) is 5.24. The van der Waals surface area contributed by atoms with Crippen molar-refractivity contribution in [3.63, 3.8) is 0 Å². The molecule has 0 bridgehead atoms. The molecule has 9 heteroatoms. The van der Waals surface area contributed by atoms with E-state index in [4.69, 9.17) is 23.2 Å². The monoisotopic (exact) mass is 392 g/mol. The molecule has 20 heavy (non-hydrogen) atoms. The maximum absolute atomic E-state index is 13.8. The Morgan fingerprint density at radius 3 is 2.65 bits per heavy atom. The zero-order chi connectivity index (χ0) is 14.3. The predicted octanol–water partition coefficient (Wildman–Crippen LogP) is 5.76. The van der Waals surface area contributed by atoms with Crippen LogP contribution in [0.4, 0.5) is 27.3 Å². The molecule has 0 radical (unpaired) electrons. The number of nitrogens with zero attached hydrogens (tertiary/aromatic N) is 3. The number of fused-ring (bicyclic) bond motifs is 1. The molecule has 3 rings (SSSR count). The van der Waals surface area contributed by atoms with Crippen LogP contribution in [0.15, 0.2) is 31.5 Å². The molecule has 1 aliphatic heterocycles. The van der Waals surface area contributed by atoms with Crippen molar-refractivity contribution in [2.45, 2.75) is 0 Å². The molecule has 1 aliphatic rings. The van der Waals surface area contributed by atoms with Gasteiger partial charge in [0.15, 0.2) is 11.6 Å². The average molecular weight is 394 g/mol. The normalized spacial score (nSPS) is 12.2. The van der Waals surface area contributed by atoms with Gasteiger partial charge >= 0.3 is 0 Å². The maximum atomic E-state index is 13.8. The highest BCUT2D eigenvalue weighted by molar-refractivity contribution is 9.10. The molecule has 0 unspecified atom stereocenters. The van der Waals surface area contributed by atoms with Crippen LogP contribution in [-0.2, 0) is 11.4 Å². The summed E-state index contributed by atoms with van der Waals surface area (Å²) in [4.78, 5) is 3.96. The zero-order valence-corrected chi connectivity index (χ0v) is 13.4. The van der Waals surface area contributed by atoms with Crippen molar-refractivity contribution >= 4 is 73.4 Å². The number of nitrogens with one attached hydrogen (secondary N) is 1. The molecule has 0 saturated heterocycles. The van der Waals surface area contributed by atoms with Gasteiger partial charge in [0.1, 0.15) is 11.4 Å². The number of aromatic nitrogens is 1. The molecule has 0 fully saturated rings. The van der Waals surface area contributed by atoms with E-state index in [2.05, 4.69) is 35.0 Å². The number of rotatable bonds is 2. The van der Waals surface area contributed by atoms with Crippen LogP contribution in [-0.4, -0.2) is 4.98 Å². The second kappa shape index (κ2) is 5.40. The Kier molecular flexibility index (Phi) is 3.76. The summed E-state index contributed by atoms with van der Waals surface area (Å²) < 4.78 is 22.6. The Bertz CT molecular complexity index is 792. The van der Waals surface area contributed by atoms with Crippen molar-refractivity contribution in [1.82, 2.24) is 4.98 Å². The molecule has 2 aromatic rings. The van der Waals surface area contributed by atoms with E-state index in [0.717, 1.165) is 11.4 Å². The summed E-state index contributed by atoms with van der Waals surface area (Å²) in [5.74, 6) is -0.464. The summed E-state index contributed by atoms with van der Waals surface area (Å²) in [5, 5.41) is 3.55. The van der Waals surface area contributed by atoms with Gasteiger partial charge in [-0.2, -0.15) is 8.73 Å². The van der Waals surface area contributed by atoms with Gasteiger partial charge in [-0.15, -0.1) is 0 Å². The van der Waals surface area contributed by atoms with Gasteiger partial charge in [-0.25, -0.2) is 9.37 Å². The largest absolute Gasteiger partial charge is 0.335 e. The van der Waals surface area contributed by atoms with Crippen molar-refractivity contribution < 1.29 is 4.39 Å². The van der Waals surface area contributed by atoms with E-state index in [-0.39, 0.29) is 5.82 Å². The molecule has 2 heterocycles. The second-order valence-electron chi connectivity index (χ2n) is 3.79. The molecule has 1 aromatic carbocycles. The highest BCUT2D eigenvalue weighted by Crippen LogP contribution is 2.48. The summed E-state index contributed by atoms with van der Waals surface area (Å²) in [6.07, 6.45) is 1.48. The molecular formula is C11H4BrCl2FN4S. The van der Waals surface area contributed by atoms with E-state index in [1.807, 2.05) is 0 Å². The lowest BCUT2D eigenvalue weighted by Gasteiger charge is -2.12. The number of pyridine rings is 1. The SMILES string of the molecule is Fc1cc(Br)cnc1Nc1c(Cl)cc(Cl)c2c1N=S=N2. The van der Waals surface area contributed by atoms with Gasteiger partial charge in [-0.1, -0.05) is 23.2 Å². The minimum atomic E-state index is -0.512. The molecule has 102 valence electrons. The number of hydrogen-bond acceptors (Lipinski definition) is 4. The van der Waals surface area contributed by atoms with Gasteiger partial charge in [-0.3, -0.25) is 0 Å². The van der Waals surface area contributed by atoms with Gasteiger partial charge in [0.25, 0.3) is 0 Å². The molecule has 4 nitrogen and oxygen atoms in total. The van der Waals surface area contributed by atoms with Crippen LogP contribution in [0.3, 0.4) is 0 Å². The first kappa shape index (κ1) is 13.9. The van der Waals surface area contributed by atoms with Crippen LogP contribution in [0.1, 0.15) is 0 Å². The van der Waals surface area contributed by atoms with E-state index in [1.54, 1.807) is 0 Å². The molecular weight excluding hydrogens is 390 g/mol. The van der Waals surface area contributed by atoms with Gasteiger partial charge in [0, 0.05) is 10.7 Å². The maximum Gasteiger partial charge on any atom is 0.166 e. The molecule has 0 amide bonds. The second-order valence-corrected chi connectivity index (χ2v) is 6.04. The van der Waals surface area contributed by atoms with Crippen molar-refractivity contribution in [1.29, 1.82) is 0 Å². The van der Waals surface area contributed by atoms with Crippen molar-refractivity contribution in [2.75, 3.05) is 5.32 Å². The van der Waals surface area contributed by atoms with Crippen LogP contribution >= 0.6 is 39.1 Å². The first-order valence-corrected chi connectivity index (χ1v) is 7.52. The number of hydrogen-bond donors (Lipinski definition) is 1. The van der Waals surface area contributed by atoms with Crippen LogP contribution in [0.25, 0.3) is 0 Å². The standard InChI is InChI=1S/C11H4BrCl2FN4S/c12-4-1-7(15)11(16-3-4)17-8-5(13)2-6(14)9-10(8)19-20-18-9/h1-3H,(H,16,17). The smallest absolute Gasteiger partial charge is 0.166 e. The minimum absolute atomic E-state index is 0.0479. The fourth-order valence-corrected chi connectivity index (χ4v) is 3.08. The Balaban J connectivity index is 2.08. The summed E-state index contributed by atoms with van der Waals surface area (Å²) in [6, 6.07) is 2.83. The van der Waals surface area contributed by atoms with E-state index >= 15 is 0 Å². The quantitative estimate of drug-likeness (QED) is 0.601. The predicted molar refractivity (Wildman–Crippen MR) is 83.2 cm³/mol. The van der Waals surface area contributed by atoms with Crippen molar-refractivity contribution in [3.05, 3.63) is 38.7 Å². The highest BCUT2D eigenvalue weighted by atomic mass is 79.9. The van der Waals surface area contributed by atoms with E-state index in [1.165, 1.54) is 18.3 Å². The summed E-state index contributed by atoms with van der Waals surface area (Å²) in [7, 11) is 0. The molecule has 0 atom stereocenters. The van der Waals surface area contributed by atoms with E-state index in [9.17, 15) is 4.39 Å². The molecule has 1 aromatic heterocycles. The average Bonchev–Trinajstić information content (AvgIpc) is 2.86. The van der Waals surface area contributed by atoms with Gasteiger partial charge in [0.05, 0.1) is 27.1 Å². The van der Waals surface area contributed by atoms with Crippen LogP contribution in [0.5, 0.6) is 0 Å².